The first-order valence-electron chi connectivity index (χ1n) is 6.71. The van der Waals surface area contributed by atoms with E-state index in [1.165, 1.54) is 10.2 Å². The second-order valence-electron chi connectivity index (χ2n) is 4.88. The number of rotatable bonds is 3. The molecule has 1 aromatic heterocycles. The maximum absolute atomic E-state index is 12.2. The first kappa shape index (κ1) is 13.2. The molecule has 0 fully saturated rings. The third-order valence-electron chi connectivity index (χ3n) is 3.41. The van der Waals surface area contributed by atoms with E-state index in [0.29, 0.717) is 11.4 Å². The lowest BCUT2D eigenvalue weighted by Gasteiger charge is -2.08. The fourth-order valence-corrected chi connectivity index (χ4v) is 2.27. The van der Waals surface area contributed by atoms with Gasteiger partial charge in [-0.3, -0.25) is 9.89 Å². The number of benzene rings is 2. The molecule has 4 nitrogen and oxygen atoms in total. The highest BCUT2D eigenvalue weighted by Gasteiger charge is 2.10. The number of aromatic nitrogens is 2. The highest BCUT2D eigenvalue weighted by molar-refractivity contribution is 5.59. The maximum Gasteiger partial charge on any atom is 0.271 e. The van der Waals surface area contributed by atoms with E-state index in [9.17, 15) is 4.79 Å². The Kier molecular flexibility index (Phi) is 3.36. The Balaban J connectivity index is 2.10. The van der Waals surface area contributed by atoms with Gasteiger partial charge >= 0.3 is 0 Å². The number of hydrogen-bond donors (Lipinski definition) is 1. The van der Waals surface area contributed by atoms with Crippen LogP contribution < -0.4 is 10.3 Å². The van der Waals surface area contributed by atoms with Crippen molar-refractivity contribution in [2.75, 3.05) is 7.11 Å². The zero-order valence-electron chi connectivity index (χ0n) is 12.0. The first-order valence-corrected chi connectivity index (χ1v) is 6.71. The van der Waals surface area contributed by atoms with Crippen LogP contribution in [0.15, 0.2) is 59.4 Å². The molecule has 0 atom stereocenters. The van der Waals surface area contributed by atoms with Crippen LogP contribution in [0.25, 0.3) is 16.9 Å². The van der Waals surface area contributed by atoms with Crippen molar-refractivity contribution in [2.45, 2.75) is 6.92 Å². The van der Waals surface area contributed by atoms with E-state index >= 15 is 0 Å². The van der Waals surface area contributed by atoms with Gasteiger partial charge in [0.05, 0.1) is 12.8 Å². The van der Waals surface area contributed by atoms with Crippen LogP contribution in [0.1, 0.15) is 5.56 Å². The average Bonchev–Trinajstić information content (AvgIpc) is 2.89. The topological polar surface area (TPSA) is 47.0 Å². The van der Waals surface area contributed by atoms with Gasteiger partial charge in [-0.2, -0.15) is 0 Å². The van der Waals surface area contributed by atoms with Gasteiger partial charge in [0, 0.05) is 6.07 Å². The number of methoxy groups -OCH3 is 1. The lowest BCUT2D eigenvalue weighted by Crippen LogP contribution is -2.14. The molecule has 0 aliphatic heterocycles. The molecule has 4 heteroatoms. The Bertz CT molecular complexity index is 813. The standard InChI is InChI=1S/C17H16N2O2/c1-12-7-9-13(10-8-12)14-11-17(20)19(18-14)15-5-3-4-6-16(15)21-2/h3-11,18H,1-2H3. The van der Waals surface area contributed by atoms with Crippen molar-refractivity contribution in [1.82, 2.24) is 9.78 Å². The van der Waals surface area contributed by atoms with E-state index in [1.54, 1.807) is 13.2 Å². The van der Waals surface area contributed by atoms with Gasteiger partial charge in [-0.1, -0.05) is 42.0 Å². The minimum Gasteiger partial charge on any atom is -0.494 e. The van der Waals surface area contributed by atoms with Gasteiger partial charge in [-0.15, -0.1) is 0 Å². The van der Waals surface area contributed by atoms with Crippen LogP contribution >= 0.6 is 0 Å². The number of aryl methyl sites for hydroxylation is 1. The molecule has 0 spiro atoms. The summed E-state index contributed by atoms with van der Waals surface area (Å²) < 4.78 is 6.80. The van der Waals surface area contributed by atoms with E-state index in [2.05, 4.69) is 5.10 Å². The molecule has 0 saturated heterocycles. The van der Waals surface area contributed by atoms with Crippen LogP contribution in [-0.2, 0) is 0 Å². The molecule has 3 rings (SSSR count). The number of hydrogen-bond acceptors (Lipinski definition) is 2. The summed E-state index contributed by atoms with van der Waals surface area (Å²) in [6, 6.07) is 17.0. The molecule has 21 heavy (non-hydrogen) atoms. The van der Waals surface area contributed by atoms with Crippen molar-refractivity contribution in [3.63, 3.8) is 0 Å². The predicted molar refractivity (Wildman–Crippen MR) is 83.1 cm³/mol. The Morgan fingerprint density at radius 3 is 2.48 bits per heavy atom. The van der Waals surface area contributed by atoms with Gasteiger partial charge in [0.1, 0.15) is 11.4 Å². The molecule has 0 saturated carbocycles. The molecule has 0 aliphatic carbocycles. The van der Waals surface area contributed by atoms with Crippen LogP contribution in [0.2, 0.25) is 0 Å². The summed E-state index contributed by atoms with van der Waals surface area (Å²) in [5, 5.41) is 3.13. The Labute approximate surface area is 122 Å². The van der Waals surface area contributed by atoms with Crippen molar-refractivity contribution >= 4 is 0 Å². The average molecular weight is 280 g/mol. The number of nitrogens with one attached hydrogen (secondary N) is 1. The second-order valence-corrected chi connectivity index (χ2v) is 4.88. The van der Waals surface area contributed by atoms with Crippen LogP contribution in [-0.4, -0.2) is 16.9 Å². The summed E-state index contributed by atoms with van der Waals surface area (Å²) in [6.07, 6.45) is 0. The zero-order valence-corrected chi connectivity index (χ0v) is 12.0. The minimum absolute atomic E-state index is 0.116. The normalized spacial score (nSPS) is 10.6. The van der Waals surface area contributed by atoms with Crippen molar-refractivity contribution in [3.8, 4) is 22.7 Å². The molecule has 0 amide bonds. The van der Waals surface area contributed by atoms with Gasteiger partial charge in [-0.25, -0.2) is 4.68 Å². The molecule has 3 aromatic rings. The SMILES string of the molecule is COc1ccccc1-n1[nH]c(-c2ccc(C)cc2)cc1=O. The summed E-state index contributed by atoms with van der Waals surface area (Å²) in [4.78, 5) is 12.2. The molecule has 0 bridgehead atoms. The molecule has 0 aliphatic rings. The molecule has 1 N–H and O–H groups in total. The van der Waals surface area contributed by atoms with Crippen molar-refractivity contribution in [1.29, 1.82) is 0 Å². The zero-order chi connectivity index (χ0) is 14.8. The number of aromatic amines is 1. The molecule has 1 heterocycles. The first-order chi connectivity index (χ1) is 10.2. The van der Waals surface area contributed by atoms with Gasteiger partial charge in [-0.05, 0) is 24.6 Å². The second kappa shape index (κ2) is 5.32. The Hall–Kier alpha value is -2.75. The lowest BCUT2D eigenvalue weighted by atomic mass is 10.1. The summed E-state index contributed by atoms with van der Waals surface area (Å²) >= 11 is 0. The predicted octanol–water partition coefficient (Wildman–Crippen LogP) is 3.15. The van der Waals surface area contributed by atoms with Crippen molar-refractivity contribution in [3.05, 3.63) is 70.5 Å². The smallest absolute Gasteiger partial charge is 0.271 e. The van der Waals surface area contributed by atoms with E-state index in [1.807, 2.05) is 55.5 Å². The molecule has 0 unspecified atom stereocenters. The van der Waals surface area contributed by atoms with Gasteiger partial charge in [0.25, 0.3) is 5.56 Å². The summed E-state index contributed by atoms with van der Waals surface area (Å²) in [7, 11) is 1.59. The summed E-state index contributed by atoms with van der Waals surface area (Å²) in [5.41, 5.74) is 3.53. The molecule has 2 aromatic carbocycles. The number of nitrogens with zero attached hydrogens (tertiary/aromatic N) is 1. The number of H-pyrrole nitrogens is 1. The highest BCUT2D eigenvalue weighted by atomic mass is 16.5. The maximum atomic E-state index is 12.2. The van der Waals surface area contributed by atoms with E-state index in [-0.39, 0.29) is 5.56 Å². The Morgan fingerprint density at radius 1 is 1.05 bits per heavy atom. The molecular weight excluding hydrogens is 264 g/mol. The number of para-hydroxylation sites is 2. The highest BCUT2D eigenvalue weighted by Crippen LogP contribution is 2.22. The molecule has 0 radical (unpaired) electrons. The summed E-state index contributed by atoms with van der Waals surface area (Å²) in [5.74, 6) is 0.650. The monoisotopic (exact) mass is 280 g/mol. The third-order valence-corrected chi connectivity index (χ3v) is 3.41. The minimum atomic E-state index is -0.116. The van der Waals surface area contributed by atoms with E-state index in [0.717, 1.165) is 11.3 Å². The fourth-order valence-electron chi connectivity index (χ4n) is 2.27. The van der Waals surface area contributed by atoms with Gasteiger partial charge in [0.15, 0.2) is 0 Å². The van der Waals surface area contributed by atoms with Crippen LogP contribution in [0, 0.1) is 6.92 Å². The molecular formula is C17H16N2O2. The Morgan fingerprint density at radius 2 is 1.76 bits per heavy atom. The quantitative estimate of drug-likeness (QED) is 0.801. The van der Waals surface area contributed by atoms with Crippen molar-refractivity contribution < 1.29 is 4.74 Å². The van der Waals surface area contributed by atoms with E-state index in [4.69, 9.17) is 4.74 Å². The van der Waals surface area contributed by atoms with Crippen LogP contribution in [0.4, 0.5) is 0 Å². The van der Waals surface area contributed by atoms with Crippen LogP contribution in [0.3, 0.4) is 0 Å². The van der Waals surface area contributed by atoms with Gasteiger partial charge < -0.3 is 4.74 Å². The summed E-state index contributed by atoms with van der Waals surface area (Å²) in [6.45, 7) is 2.03. The van der Waals surface area contributed by atoms with E-state index < -0.39 is 0 Å². The molecule has 106 valence electrons. The third kappa shape index (κ3) is 2.48. The van der Waals surface area contributed by atoms with Crippen molar-refractivity contribution in [2.24, 2.45) is 0 Å². The fraction of sp³-hybridized carbons (Fsp3) is 0.118. The lowest BCUT2D eigenvalue weighted by molar-refractivity contribution is 0.411. The van der Waals surface area contributed by atoms with Crippen LogP contribution in [0.5, 0.6) is 5.75 Å². The largest absolute Gasteiger partial charge is 0.494 e. The number of ether oxygens (including phenoxy) is 1. The van der Waals surface area contributed by atoms with Gasteiger partial charge in [0.2, 0.25) is 0 Å².